The fourth-order valence-corrected chi connectivity index (χ4v) is 15.5. The van der Waals surface area contributed by atoms with Crippen LogP contribution < -0.4 is 37.8 Å². The molecule has 110 heavy (non-hydrogen) atoms. The van der Waals surface area contributed by atoms with E-state index in [0.717, 1.165) is 88.5 Å². The first-order chi connectivity index (χ1) is 52.7. The summed E-state index contributed by atoms with van der Waals surface area (Å²) < 4.78 is 54.8. The molecule has 4 aromatic carbocycles. The van der Waals surface area contributed by atoms with E-state index >= 15 is 0 Å². The van der Waals surface area contributed by atoms with Gasteiger partial charge in [-0.2, -0.15) is 0 Å². The minimum absolute atomic E-state index is 0.0163. The average Bonchev–Trinajstić information content (AvgIpc) is 1.41. The smallest absolute Gasteiger partial charge is 0.277 e. The van der Waals surface area contributed by atoms with Crippen molar-refractivity contribution in [1.82, 2.24) is 56.8 Å². The number of hydroxylamine groups is 1. The van der Waals surface area contributed by atoms with Gasteiger partial charge in [0, 0.05) is 54.7 Å². The van der Waals surface area contributed by atoms with Gasteiger partial charge in [-0.3, -0.25) is 38.4 Å². The normalized spacial score (nSPS) is 16.6. The van der Waals surface area contributed by atoms with Crippen molar-refractivity contribution in [2.45, 2.75) is 181 Å². The Balaban J connectivity index is 0.000000279. The van der Waals surface area contributed by atoms with Crippen LogP contribution in [0.2, 0.25) is 0 Å². The van der Waals surface area contributed by atoms with E-state index in [0.29, 0.717) is 64.5 Å². The molecule has 590 valence electrons. The van der Waals surface area contributed by atoms with Crippen LogP contribution in [0.15, 0.2) is 111 Å². The first-order valence-electron chi connectivity index (χ1n) is 37.0. The zero-order valence-corrected chi connectivity index (χ0v) is 66.7. The van der Waals surface area contributed by atoms with Crippen LogP contribution in [0.25, 0.3) is 20.9 Å². The van der Waals surface area contributed by atoms with E-state index in [1.54, 1.807) is 54.4 Å². The van der Waals surface area contributed by atoms with Crippen LogP contribution >= 0.6 is 45.3 Å². The van der Waals surface area contributed by atoms with Gasteiger partial charge in [0.1, 0.15) is 41.3 Å². The highest BCUT2D eigenvalue weighted by molar-refractivity contribution is 14.1. The molecule has 2 aliphatic rings. The lowest BCUT2D eigenvalue weighted by Crippen LogP contribution is -2.49. The number of amides is 7. The highest BCUT2D eigenvalue weighted by atomic mass is 127. The molecule has 8 atom stereocenters. The molecule has 25 nitrogen and oxygen atoms in total. The third kappa shape index (κ3) is 23.1. The molecule has 4 aromatic heterocycles. The summed E-state index contributed by atoms with van der Waals surface area (Å²) in [5, 5.41) is 43.6. The number of rotatable bonds is 35. The average molecular weight is 1670 g/mol. The molecule has 2 fully saturated rings. The zero-order valence-electron chi connectivity index (χ0n) is 62.9. The summed E-state index contributed by atoms with van der Waals surface area (Å²) in [5.41, 5.74) is 17.0. The van der Waals surface area contributed by atoms with Gasteiger partial charge in [-0.05, 0) is 147 Å². The highest BCUT2D eigenvalue weighted by Crippen LogP contribution is 2.37. The Kier molecular flexibility index (Phi) is 31.5. The molecule has 31 heteroatoms. The summed E-state index contributed by atoms with van der Waals surface area (Å²) in [7, 11) is 0. The Morgan fingerprint density at radius 1 is 0.609 bits per heavy atom. The van der Waals surface area contributed by atoms with Gasteiger partial charge in [0.2, 0.25) is 35.4 Å². The van der Waals surface area contributed by atoms with Crippen molar-refractivity contribution in [3.63, 3.8) is 0 Å². The van der Waals surface area contributed by atoms with E-state index < -0.39 is 89.1 Å². The van der Waals surface area contributed by atoms with E-state index in [9.17, 15) is 56.9 Å². The van der Waals surface area contributed by atoms with Gasteiger partial charge < -0.3 is 61.4 Å². The molecule has 7 amide bonds. The number of thiazole rings is 2. The number of aliphatic hydroxyl groups is 2. The SMILES string of the molecule is Cc1cc([C@H](C(=O)N2C[C@H](O)C[C@H]2C(=O)N[C@@H](CC(=O)NCCCCCCCCONC(=O)c2ccc(F)c(F)c2Nc2ccc(I)cc2F)c2ccc(-c3scnc3C)cc2)C(C)C)on1.Cc1cc([C@H](C(=O)N2C[C@H](O)C[C@H]2C(=O)N[C@@H](CC(=O)NCCCCN)c2ccc(-c3scnc3C)cc2)C(C)C)on1. The summed E-state index contributed by atoms with van der Waals surface area (Å²) >= 11 is 4.98. The molecule has 2 saturated heterocycles. The number of likely N-dealkylation sites (tertiary alicyclic amines) is 2. The van der Waals surface area contributed by atoms with Gasteiger partial charge in [0.25, 0.3) is 5.91 Å². The maximum Gasteiger partial charge on any atom is 0.277 e. The number of anilines is 2. The van der Waals surface area contributed by atoms with Gasteiger partial charge in [-0.1, -0.05) is 112 Å². The number of benzene rings is 4. The van der Waals surface area contributed by atoms with E-state index in [-0.39, 0.29) is 92.1 Å². The fourth-order valence-electron chi connectivity index (χ4n) is 13.4. The van der Waals surface area contributed by atoms with Gasteiger partial charge in [-0.15, -0.1) is 22.7 Å². The van der Waals surface area contributed by atoms with Crippen molar-refractivity contribution < 1.29 is 70.8 Å². The lowest BCUT2D eigenvalue weighted by atomic mass is 9.91. The van der Waals surface area contributed by atoms with Crippen LogP contribution in [0, 0.1) is 60.6 Å². The summed E-state index contributed by atoms with van der Waals surface area (Å²) in [6.45, 7) is 16.7. The monoisotopic (exact) mass is 1670 g/mol. The van der Waals surface area contributed by atoms with Crippen LogP contribution in [0.1, 0.15) is 184 Å². The topological polar surface area (TPSA) is 352 Å². The Morgan fingerprint density at radius 3 is 1.50 bits per heavy atom. The third-order valence-corrected chi connectivity index (χ3v) is 21.8. The van der Waals surface area contributed by atoms with Crippen molar-refractivity contribution >= 4 is 98.0 Å². The summed E-state index contributed by atoms with van der Waals surface area (Å²) in [6.07, 6.45) is 4.59. The van der Waals surface area contributed by atoms with Crippen LogP contribution in [-0.2, 0) is 33.6 Å². The van der Waals surface area contributed by atoms with Crippen LogP contribution in [0.4, 0.5) is 24.5 Å². The number of β-amino-alcohol motifs (C(OH)–C–C–N with tert-alkyl or cyclic N) is 2. The van der Waals surface area contributed by atoms with Crippen molar-refractivity contribution in [3.05, 3.63) is 174 Å². The van der Waals surface area contributed by atoms with Gasteiger partial charge >= 0.3 is 0 Å². The third-order valence-electron chi connectivity index (χ3n) is 19.2. The number of nitrogens with two attached hydrogens (primary N) is 1. The second kappa shape index (κ2) is 40.8. The Morgan fingerprint density at radius 2 is 1.07 bits per heavy atom. The van der Waals surface area contributed by atoms with Crippen molar-refractivity contribution in [2.24, 2.45) is 17.6 Å². The summed E-state index contributed by atoms with van der Waals surface area (Å²) in [4.78, 5) is 114. The molecule has 0 aliphatic carbocycles. The highest BCUT2D eigenvalue weighted by Gasteiger charge is 2.46. The molecule has 0 saturated carbocycles. The quantitative estimate of drug-likeness (QED) is 0.0101. The van der Waals surface area contributed by atoms with Gasteiger partial charge in [-0.25, -0.2) is 28.6 Å². The number of carbonyl (C=O) groups is 7. The molecule has 6 heterocycles. The van der Waals surface area contributed by atoms with Crippen LogP contribution in [0.5, 0.6) is 0 Å². The van der Waals surface area contributed by atoms with E-state index in [1.165, 1.54) is 33.3 Å². The lowest BCUT2D eigenvalue weighted by molar-refractivity contribution is -0.141. The number of halogens is 4. The molecule has 2 aliphatic heterocycles. The predicted octanol–water partition coefficient (Wildman–Crippen LogP) is 12.2. The first kappa shape index (κ1) is 85.0. The molecule has 10 N–H and O–H groups in total. The summed E-state index contributed by atoms with van der Waals surface area (Å²) in [6, 6.07) is 21.5. The number of aryl methyl sites for hydroxylation is 4. The zero-order chi connectivity index (χ0) is 79.3. The minimum Gasteiger partial charge on any atom is -0.391 e. The van der Waals surface area contributed by atoms with Crippen molar-refractivity contribution in [3.8, 4) is 20.9 Å². The second-order valence-electron chi connectivity index (χ2n) is 28.4. The number of nitrogens with zero attached hydrogens (tertiary/aromatic N) is 6. The Labute approximate surface area is 659 Å². The summed E-state index contributed by atoms with van der Waals surface area (Å²) in [5.74, 6) is -6.92. The number of aromatic nitrogens is 4. The molecule has 10 rings (SSSR count). The van der Waals surface area contributed by atoms with Gasteiger partial charge in [0.05, 0.1) is 104 Å². The molecule has 0 bridgehead atoms. The van der Waals surface area contributed by atoms with Gasteiger partial charge in [0.15, 0.2) is 11.6 Å². The van der Waals surface area contributed by atoms with E-state index in [4.69, 9.17) is 19.6 Å². The number of hydrogen-bond acceptors (Lipinski definition) is 20. The number of unbranched alkanes of at least 4 members (excludes halogenated alkanes) is 6. The standard InChI is InChI=1S/C48H55F3IN7O7S.C31H42N6O5S/c1-27(2)42(40-21-28(3)57-66-40)48(64)59-25-33(60)23-39(59)47(63)56-38(30-11-13-31(14-12-30)45-29(4)54-26-67-45)24-41(61)53-19-9-7-5-6-8-10-20-65-58-46(62)34-16-17-35(49)43(51)44(34)55-37-18-15-32(52)22-36(37)50;1-18(2)28(26-13-19(3)36-42-26)31(41)37-16-23(38)14-25(37)30(40)35-24(15-27(39)33-12-6-5-11-32)21-7-9-22(10-8-21)29-20(4)34-17-43-29/h11-18,21-22,26-27,33,38-39,42,55,60H,5-10,19-20,23-25H2,1-4H3,(H,53,61)(H,56,63)(H,58,62);7-10,13,17-18,23-25,28,38H,5-6,11-12,14-16,32H2,1-4H3,(H,33,39)(H,35,40)/t33-,38+,39+,42-;23-,24+,25+,28-/m11/s1. The lowest BCUT2D eigenvalue weighted by Gasteiger charge is -2.30. The molecular formula is C79H97F3IN13O12S2. The Bertz CT molecular complexity index is 4420. The molecular weight excluding hydrogens is 1570 g/mol. The Hall–Kier alpha value is -8.99. The maximum atomic E-state index is 14.7. The molecule has 0 spiro atoms. The minimum atomic E-state index is -1.33. The number of aliphatic hydroxyl groups excluding tert-OH is 2. The number of carbonyl (C=O) groups excluding carboxylic acids is 7. The number of hydrogen-bond donors (Lipinski definition) is 9. The maximum absolute atomic E-state index is 14.7. The largest absolute Gasteiger partial charge is 0.391 e. The van der Waals surface area contributed by atoms with Crippen LogP contribution in [0.3, 0.4) is 0 Å². The fraction of sp³-hybridized carbons (Fsp3) is 0.456. The van der Waals surface area contributed by atoms with Crippen molar-refractivity contribution in [2.75, 3.05) is 44.6 Å². The number of nitrogens with one attached hydrogen (secondary N) is 6. The van der Waals surface area contributed by atoms with E-state index in [1.807, 2.05) is 113 Å². The second-order valence-corrected chi connectivity index (χ2v) is 31.4. The predicted molar refractivity (Wildman–Crippen MR) is 420 cm³/mol. The van der Waals surface area contributed by atoms with E-state index in [2.05, 4.69) is 52.3 Å². The molecule has 0 unspecified atom stereocenters. The molecule has 0 radical (unpaired) electrons. The first-order valence-corrected chi connectivity index (χ1v) is 39.8. The molecule has 8 aromatic rings. The van der Waals surface area contributed by atoms with Crippen LogP contribution in [-0.4, -0.2) is 145 Å². The van der Waals surface area contributed by atoms with Crippen molar-refractivity contribution in [1.29, 1.82) is 0 Å².